The molecule has 0 saturated heterocycles. The van der Waals surface area contributed by atoms with Crippen molar-refractivity contribution in [2.75, 3.05) is 0 Å². The normalized spacial score (nSPS) is 11.6. The lowest BCUT2D eigenvalue weighted by molar-refractivity contribution is 1.08. The minimum atomic E-state index is 0.606. The molecule has 7 heteroatoms. The monoisotopic (exact) mass is 658 g/mol. The van der Waals surface area contributed by atoms with Crippen molar-refractivity contribution in [1.82, 2.24) is 29.5 Å². The van der Waals surface area contributed by atoms with Crippen molar-refractivity contribution in [2.24, 2.45) is 0 Å². The van der Waals surface area contributed by atoms with Crippen LogP contribution in [-0.4, -0.2) is 29.5 Å². The summed E-state index contributed by atoms with van der Waals surface area (Å²) in [6.07, 6.45) is 3.52. The van der Waals surface area contributed by atoms with Crippen LogP contribution in [0.1, 0.15) is 0 Å². The van der Waals surface area contributed by atoms with E-state index in [2.05, 4.69) is 94.5 Å². The molecule has 4 aromatic heterocycles. The summed E-state index contributed by atoms with van der Waals surface area (Å²) in [5.41, 5.74) is 9.42. The van der Waals surface area contributed by atoms with Gasteiger partial charge in [0.25, 0.3) is 0 Å². The summed E-state index contributed by atoms with van der Waals surface area (Å²) >= 11 is 1.70. The molecule has 0 aliphatic heterocycles. The van der Waals surface area contributed by atoms with E-state index in [0.717, 1.165) is 53.8 Å². The van der Waals surface area contributed by atoms with Crippen LogP contribution in [0.4, 0.5) is 0 Å². The van der Waals surface area contributed by atoms with Crippen molar-refractivity contribution in [1.29, 1.82) is 0 Å². The van der Waals surface area contributed by atoms with E-state index in [0.29, 0.717) is 17.5 Å². The molecule has 0 aliphatic rings. The predicted octanol–water partition coefficient (Wildman–Crippen LogP) is 10.8. The topological polar surface area (TPSA) is 69.4 Å². The number of rotatable bonds is 5. The molecular formula is C43H26N6S. The van der Waals surface area contributed by atoms with Crippen molar-refractivity contribution in [3.8, 4) is 51.0 Å². The molecule has 0 saturated carbocycles. The van der Waals surface area contributed by atoms with Gasteiger partial charge >= 0.3 is 0 Å². The van der Waals surface area contributed by atoms with E-state index in [-0.39, 0.29) is 0 Å². The Labute approximate surface area is 291 Å². The maximum absolute atomic E-state index is 5.08. The SMILES string of the molecule is c1ccc(-c2nc(-c3ccccc3)nc(-c3ccc(-c4ccc5c(c4)c4ccccc4n5-c4ccccc4)c4sc5cncnc5c34)n2)cc1. The van der Waals surface area contributed by atoms with Gasteiger partial charge in [0.05, 0.1) is 21.3 Å². The number of aromatic nitrogens is 6. The summed E-state index contributed by atoms with van der Waals surface area (Å²) in [6.45, 7) is 0. The molecule has 0 amide bonds. The number of hydrogen-bond acceptors (Lipinski definition) is 6. The van der Waals surface area contributed by atoms with Crippen molar-refractivity contribution in [3.63, 3.8) is 0 Å². The van der Waals surface area contributed by atoms with E-state index in [1.54, 1.807) is 17.7 Å². The van der Waals surface area contributed by atoms with Crippen molar-refractivity contribution >= 4 is 53.4 Å². The first kappa shape index (κ1) is 28.4. The van der Waals surface area contributed by atoms with E-state index < -0.39 is 0 Å². The van der Waals surface area contributed by atoms with E-state index >= 15 is 0 Å². The number of benzene rings is 6. The van der Waals surface area contributed by atoms with Gasteiger partial charge in [0.15, 0.2) is 17.5 Å². The Balaban J connectivity index is 1.22. The van der Waals surface area contributed by atoms with Gasteiger partial charge in [-0.15, -0.1) is 11.3 Å². The third kappa shape index (κ3) is 4.59. The van der Waals surface area contributed by atoms with E-state index in [4.69, 9.17) is 19.9 Å². The molecule has 0 radical (unpaired) electrons. The zero-order chi connectivity index (χ0) is 33.0. The Morgan fingerprint density at radius 1 is 0.500 bits per heavy atom. The van der Waals surface area contributed by atoms with Gasteiger partial charge in [0.1, 0.15) is 6.33 Å². The van der Waals surface area contributed by atoms with Crippen LogP contribution in [0.15, 0.2) is 158 Å². The van der Waals surface area contributed by atoms with Gasteiger partial charge in [-0.2, -0.15) is 0 Å². The Morgan fingerprint density at radius 3 is 1.86 bits per heavy atom. The lowest BCUT2D eigenvalue weighted by Crippen LogP contribution is -2.00. The minimum absolute atomic E-state index is 0.606. The van der Waals surface area contributed by atoms with Gasteiger partial charge in [-0.05, 0) is 47.5 Å². The van der Waals surface area contributed by atoms with Crippen LogP contribution in [0, 0.1) is 0 Å². The highest BCUT2D eigenvalue weighted by Gasteiger charge is 2.21. The van der Waals surface area contributed by atoms with Gasteiger partial charge in [-0.1, -0.05) is 109 Å². The van der Waals surface area contributed by atoms with Crippen LogP contribution < -0.4 is 0 Å². The Morgan fingerprint density at radius 2 is 1.12 bits per heavy atom. The fourth-order valence-corrected chi connectivity index (χ4v) is 8.14. The molecule has 0 atom stereocenters. The van der Waals surface area contributed by atoms with E-state index in [1.807, 2.05) is 66.9 Å². The van der Waals surface area contributed by atoms with E-state index in [9.17, 15) is 0 Å². The van der Waals surface area contributed by atoms with E-state index in [1.165, 1.54) is 21.8 Å². The fourth-order valence-electron chi connectivity index (χ4n) is 6.95. The summed E-state index contributed by atoms with van der Waals surface area (Å²) in [5.74, 6) is 1.86. The molecule has 0 spiro atoms. The number of thiophene rings is 1. The van der Waals surface area contributed by atoms with Crippen molar-refractivity contribution in [3.05, 3.63) is 158 Å². The van der Waals surface area contributed by atoms with Crippen LogP contribution in [0.2, 0.25) is 0 Å². The summed E-state index contributed by atoms with van der Waals surface area (Å²) in [4.78, 5) is 24.3. The average molecular weight is 659 g/mol. The third-order valence-electron chi connectivity index (χ3n) is 9.22. The van der Waals surface area contributed by atoms with Gasteiger partial charge in [-0.25, -0.2) is 24.9 Å². The summed E-state index contributed by atoms with van der Waals surface area (Å²) in [6, 6.07) is 50.5. The van der Waals surface area contributed by atoms with Crippen LogP contribution in [0.3, 0.4) is 0 Å². The van der Waals surface area contributed by atoms with Crippen LogP contribution >= 0.6 is 11.3 Å². The molecule has 10 rings (SSSR count). The van der Waals surface area contributed by atoms with Crippen LogP contribution in [0.5, 0.6) is 0 Å². The maximum atomic E-state index is 5.08. The van der Waals surface area contributed by atoms with Gasteiger partial charge in [0, 0.05) is 49.4 Å². The molecule has 50 heavy (non-hydrogen) atoms. The second kappa shape index (κ2) is 11.5. The highest BCUT2D eigenvalue weighted by atomic mass is 32.1. The molecule has 10 aromatic rings. The summed E-state index contributed by atoms with van der Waals surface area (Å²) in [7, 11) is 0. The molecule has 0 bridgehead atoms. The first-order valence-corrected chi connectivity index (χ1v) is 17.2. The van der Waals surface area contributed by atoms with Gasteiger partial charge in [-0.3, -0.25) is 0 Å². The third-order valence-corrected chi connectivity index (χ3v) is 10.4. The van der Waals surface area contributed by atoms with Crippen molar-refractivity contribution < 1.29 is 0 Å². The maximum Gasteiger partial charge on any atom is 0.164 e. The number of hydrogen-bond donors (Lipinski definition) is 0. The molecule has 0 unspecified atom stereocenters. The lowest BCUT2D eigenvalue weighted by Gasteiger charge is -2.12. The Kier molecular flexibility index (Phi) is 6.57. The Bertz CT molecular complexity index is 2810. The number of para-hydroxylation sites is 2. The zero-order valence-electron chi connectivity index (χ0n) is 26.6. The van der Waals surface area contributed by atoms with Crippen LogP contribution in [-0.2, 0) is 0 Å². The first-order valence-electron chi connectivity index (χ1n) is 16.4. The second-order valence-electron chi connectivity index (χ2n) is 12.2. The van der Waals surface area contributed by atoms with Gasteiger partial charge in [0.2, 0.25) is 0 Å². The molecule has 6 aromatic carbocycles. The van der Waals surface area contributed by atoms with Crippen LogP contribution in [0.25, 0.3) is 93.1 Å². The predicted molar refractivity (Wildman–Crippen MR) is 204 cm³/mol. The average Bonchev–Trinajstić information content (AvgIpc) is 3.75. The molecule has 0 fully saturated rings. The fraction of sp³-hybridized carbons (Fsp3) is 0. The van der Waals surface area contributed by atoms with Crippen molar-refractivity contribution in [2.45, 2.75) is 0 Å². The lowest BCUT2D eigenvalue weighted by atomic mass is 9.98. The summed E-state index contributed by atoms with van der Waals surface area (Å²) in [5, 5.41) is 3.44. The zero-order valence-corrected chi connectivity index (χ0v) is 27.4. The minimum Gasteiger partial charge on any atom is -0.309 e. The summed E-state index contributed by atoms with van der Waals surface area (Å²) < 4.78 is 4.48. The molecule has 234 valence electrons. The Hall–Kier alpha value is -6.57. The quantitative estimate of drug-likeness (QED) is 0.184. The molecular weight excluding hydrogens is 633 g/mol. The molecule has 6 nitrogen and oxygen atoms in total. The highest BCUT2D eigenvalue weighted by Crippen LogP contribution is 2.45. The first-order chi connectivity index (χ1) is 24.8. The number of fused-ring (bicyclic) bond motifs is 6. The smallest absolute Gasteiger partial charge is 0.164 e. The number of nitrogens with zero attached hydrogens (tertiary/aromatic N) is 6. The molecule has 0 N–H and O–H groups in total. The second-order valence-corrected chi connectivity index (χ2v) is 13.2. The molecule has 4 heterocycles. The van der Waals surface area contributed by atoms with Gasteiger partial charge < -0.3 is 4.57 Å². The molecule has 0 aliphatic carbocycles. The highest BCUT2D eigenvalue weighted by molar-refractivity contribution is 7.26. The standard InChI is InChI=1S/C43H26N6S/c1-4-12-27(13-5-1)41-46-42(28-14-6-2-7-15-28)48-43(47-41)33-22-21-31(40-38(33)39-37(50-40)25-44-26-45-39)29-20-23-36-34(24-29)32-18-10-11-19-35(32)49(36)30-16-8-3-9-17-30/h1-26H. The largest absolute Gasteiger partial charge is 0.309 e.